The molecule has 0 radical (unpaired) electrons. The van der Waals surface area contributed by atoms with Crippen LogP contribution in [0.1, 0.15) is 36.7 Å². The number of para-hydroxylation sites is 1. The van der Waals surface area contributed by atoms with Crippen molar-refractivity contribution in [3.05, 3.63) is 29.3 Å². The molecule has 3 atom stereocenters. The fourth-order valence-corrected chi connectivity index (χ4v) is 4.68. The summed E-state index contributed by atoms with van der Waals surface area (Å²) in [6, 6.07) is 8.25. The van der Waals surface area contributed by atoms with Gasteiger partial charge in [-0.3, -0.25) is 4.79 Å². The Kier molecular flexibility index (Phi) is 4.05. The van der Waals surface area contributed by atoms with Crippen LogP contribution >= 0.6 is 11.3 Å². The number of aromatic nitrogens is 1. The van der Waals surface area contributed by atoms with Crippen molar-refractivity contribution >= 4 is 27.5 Å². The van der Waals surface area contributed by atoms with Crippen molar-refractivity contribution in [3.8, 4) is 0 Å². The van der Waals surface area contributed by atoms with E-state index in [4.69, 9.17) is 15.5 Å². The number of amides is 1. The molecule has 2 aliphatic rings. The molecule has 2 aliphatic heterocycles. The standard InChI is InChI=1S/C17H21N3O2S/c18-10-11-7-8-14(22-11)17(21)20-9-3-5-13(20)16-19-12-4-1-2-6-15(12)23-16/h1-2,4,6,11,13-14H,3,5,7-10,18H2/t11-,13?,14+/m1/s1. The number of nitrogens with two attached hydrogens (primary N) is 1. The predicted octanol–water partition coefficient (Wildman–Crippen LogP) is 2.47. The summed E-state index contributed by atoms with van der Waals surface area (Å²) in [7, 11) is 0. The highest BCUT2D eigenvalue weighted by atomic mass is 32.1. The van der Waals surface area contributed by atoms with E-state index < -0.39 is 0 Å². The molecule has 23 heavy (non-hydrogen) atoms. The zero-order valence-corrected chi connectivity index (χ0v) is 13.8. The van der Waals surface area contributed by atoms with Crippen molar-refractivity contribution in [3.63, 3.8) is 0 Å². The molecule has 0 spiro atoms. The first kappa shape index (κ1) is 15.1. The quantitative estimate of drug-likeness (QED) is 0.938. The van der Waals surface area contributed by atoms with Crippen molar-refractivity contribution in [2.24, 2.45) is 5.73 Å². The molecule has 1 unspecified atom stereocenters. The van der Waals surface area contributed by atoms with E-state index in [2.05, 4.69) is 6.07 Å². The Balaban J connectivity index is 1.55. The lowest BCUT2D eigenvalue weighted by atomic mass is 10.1. The average Bonchev–Trinajstić information content (AvgIpc) is 3.30. The third-order valence-corrected chi connectivity index (χ3v) is 5.91. The molecule has 5 nitrogen and oxygen atoms in total. The molecule has 2 saturated heterocycles. The van der Waals surface area contributed by atoms with Crippen LogP contribution < -0.4 is 5.73 Å². The van der Waals surface area contributed by atoms with E-state index in [0.717, 1.165) is 42.8 Å². The lowest BCUT2D eigenvalue weighted by Crippen LogP contribution is -2.39. The van der Waals surface area contributed by atoms with Crippen LogP contribution in [0.3, 0.4) is 0 Å². The van der Waals surface area contributed by atoms with E-state index in [-0.39, 0.29) is 24.2 Å². The summed E-state index contributed by atoms with van der Waals surface area (Å²) in [6.07, 6.45) is 3.39. The zero-order valence-electron chi connectivity index (χ0n) is 13.0. The van der Waals surface area contributed by atoms with E-state index in [1.165, 1.54) is 4.70 Å². The maximum Gasteiger partial charge on any atom is 0.252 e. The summed E-state index contributed by atoms with van der Waals surface area (Å²) >= 11 is 1.70. The zero-order chi connectivity index (χ0) is 15.8. The van der Waals surface area contributed by atoms with Crippen molar-refractivity contribution in [1.82, 2.24) is 9.88 Å². The van der Waals surface area contributed by atoms with Crippen LogP contribution in [-0.2, 0) is 9.53 Å². The van der Waals surface area contributed by atoms with E-state index in [9.17, 15) is 4.79 Å². The Labute approximate surface area is 139 Å². The topological polar surface area (TPSA) is 68.5 Å². The molecule has 1 amide bonds. The fourth-order valence-electron chi connectivity index (χ4n) is 3.57. The van der Waals surface area contributed by atoms with Gasteiger partial charge in [-0.25, -0.2) is 4.98 Å². The lowest BCUT2D eigenvalue weighted by Gasteiger charge is -2.26. The number of likely N-dealkylation sites (tertiary alicyclic amines) is 1. The number of nitrogens with zero attached hydrogens (tertiary/aromatic N) is 2. The van der Waals surface area contributed by atoms with Gasteiger partial charge in [-0.2, -0.15) is 0 Å². The number of hydrogen-bond acceptors (Lipinski definition) is 5. The first-order valence-corrected chi connectivity index (χ1v) is 9.09. The van der Waals surface area contributed by atoms with Gasteiger partial charge >= 0.3 is 0 Å². The molecule has 2 aromatic rings. The molecule has 122 valence electrons. The second-order valence-electron chi connectivity index (χ2n) is 6.27. The second kappa shape index (κ2) is 6.19. The van der Waals surface area contributed by atoms with Crippen molar-refractivity contribution in [1.29, 1.82) is 0 Å². The van der Waals surface area contributed by atoms with Crippen LogP contribution in [0.15, 0.2) is 24.3 Å². The SMILES string of the molecule is NC[C@H]1CC[C@@H](C(=O)N2CCCC2c2nc3ccccc3s2)O1. The Morgan fingerprint density at radius 1 is 1.35 bits per heavy atom. The summed E-state index contributed by atoms with van der Waals surface area (Å²) in [5.41, 5.74) is 6.67. The maximum atomic E-state index is 12.8. The number of thiazole rings is 1. The van der Waals surface area contributed by atoms with Crippen LogP contribution in [0.5, 0.6) is 0 Å². The number of carbonyl (C=O) groups is 1. The predicted molar refractivity (Wildman–Crippen MR) is 90.3 cm³/mol. The Hall–Kier alpha value is -1.50. The fraction of sp³-hybridized carbons (Fsp3) is 0.529. The Morgan fingerprint density at radius 3 is 3.00 bits per heavy atom. The van der Waals surface area contributed by atoms with Gasteiger partial charge in [0.1, 0.15) is 11.1 Å². The lowest BCUT2D eigenvalue weighted by molar-refractivity contribution is -0.143. The van der Waals surface area contributed by atoms with Gasteiger partial charge in [-0.05, 0) is 37.8 Å². The maximum absolute atomic E-state index is 12.8. The Morgan fingerprint density at radius 2 is 2.22 bits per heavy atom. The number of hydrogen-bond donors (Lipinski definition) is 1. The summed E-state index contributed by atoms with van der Waals surface area (Å²) in [4.78, 5) is 19.6. The van der Waals surface area contributed by atoms with E-state index >= 15 is 0 Å². The molecule has 3 heterocycles. The average molecular weight is 331 g/mol. The second-order valence-corrected chi connectivity index (χ2v) is 7.33. The van der Waals surface area contributed by atoms with E-state index in [1.54, 1.807) is 11.3 Å². The highest BCUT2D eigenvalue weighted by Crippen LogP contribution is 2.37. The number of fused-ring (bicyclic) bond motifs is 1. The molecule has 0 bridgehead atoms. The van der Waals surface area contributed by atoms with Crippen molar-refractivity contribution < 1.29 is 9.53 Å². The number of ether oxygens (including phenoxy) is 1. The minimum atomic E-state index is -0.321. The number of benzene rings is 1. The Bertz CT molecular complexity index is 684. The van der Waals surface area contributed by atoms with Gasteiger partial charge in [0.25, 0.3) is 5.91 Å². The normalized spacial score (nSPS) is 27.9. The van der Waals surface area contributed by atoms with Gasteiger partial charge in [0.2, 0.25) is 0 Å². The minimum absolute atomic E-state index is 0.0347. The molecule has 0 aliphatic carbocycles. The van der Waals surface area contributed by atoms with Gasteiger partial charge in [0, 0.05) is 13.1 Å². The molecule has 6 heteroatoms. The smallest absolute Gasteiger partial charge is 0.252 e. The molecule has 4 rings (SSSR count). The summed E-state index contributed by atoms with van der Waals surface area (Å²) in [6.45, 7) is 1.29. The molecular weight excluding hydrogens is 310 g/mol. The van der Waals surface area contributed by atoms with Gasteiger partial charge in [-0.1, -0.05) is 12.1 Å². The van der Waals surface area contributed by atoms with Crippen LogP contribution in [0, 0.1) is 0 Å². The molecule has 0 saturated carbocycles. The number of carbonyl (C=O) groups excluding carboxylic acids is 1. The minimum Gasteiger partial charge on any atom is -0.364 e. The number of rotatable bonds is 3. The van der Waals surface area contributed by atoms with Crippen molar-refractivity contribution in [2.75, 3.05) is 13.1 Å². The summed E-state index contributed by atoms with van der Waals surface area (Å²) < 4.78 is 6.98. The molecule has 1 aromatic heterocycles. The molecule has 1 aromatic carbocycles. The van der Waals surface area contributed by atoms with Crippen molar-refractivity contribution in [2.45, 2.75) is 43.9 Å². The summed E-state index contributed by atoms with van der Waals surface area (Å²) in [5, 5.41) is 1.05. The van der Waals surface area contributed by atoms with Crippen LogP contribution in [0.4, 0.5) is 0 Å². The molecule has 2 fully saturated rings. The largest absolute Gasteiger partial charge is 0.364 e. The van der Waals surface area contributed by atoms with E-state index in [0.29, 0.717) is 6.54 Å². The van der Waals surface area contributed by atoms with Gasteiger partial charge < -0.3 is 15.4 Å². The third kappa shape index (κ3) is 2.75. The highest BCUT2D eigenvalue weighted by Gasteiger charge is 2.39. The molecule has 2 N–H and O–H groups in total. The van der Waals surface area contributed by atoms with Gasteiger partial charge in [-0.15, -0.1) is 11.3 Å². The third-order valence-electron chi connectivity index (χ3n) is 4.78. The first-order chi connectivity index (χ1) is 11.3. The highest BCUT2D eigenvalue weighted by molar-refractivity contribution is 7.18. The van der Waals surface area contributed by atoms with Crippen LogP contribution in [0.2, 0.25) is 0 Å². The van der Waals surface area contributed by atoms with Crippen LogP contribution in [-0.4, -0.2) is 41.1 Å². The van der Waals surface area contributed by atoms with Crippen LogP contribution in [0.25, 0.3) is 10.2 Å². The van der Waals surface area contributed by atoms with Gasteiger partial charge in [0.15, 0.2) is 0 Å². The summed E-state index contributed by atoms with van der Waals surface area (Å²) in [5.74, 6) is 0.114. The van der Waals surface area contributed by atoms with E-state index in [1.807, 2.05) is 23.1 Å². The first-order valence-electron chi connectivity index (χ1n) is 8.27. The van der Waals surface area contributed by atoms with Gasteiger partial charge in [0.05, 0.1) is 22.4 Å². The monoisotopic (exact) mass is 331 g/mol. The molecular formula is C17H21N3O2S.